The van der Waals surface area contributed by atoms with Gasteiger partial charge in [0.05, 0.1) is 6.61 Å². The average Bonchev–Trinajstić information content (AvgIpc) is 2.45. The van der Waals surface area contributed by atoms with Crippen molar-refractivity contribution in [1.82, 2.24) is 0 Å². The van der Waals surface area contributed by atoms with Gasteiger partial charge in [0, 0.05) is 5.41 Å². The van der Waals surface area contributed by atoms with Crippen molar-refractivity contribution in [2.75, 3.05) is 6.61 Å². The van der Waals surface area contributed by atoms with Crippen LogP contribution in [0, 0.1) is 28.1 Å². The van der Waals surface area contributed by atoms with Crippen LogP contribution in [0.15, 0.2) is 24.3 Å². The van der Waals surface area contributed by atoms with Crippen molar-refractivity contribution in [2.45, 2.75) is 65.7 Å². The minimum atomic E-state index is -0.0459. The highest BCUT2D eigenvalue weighted by molar-refractivity contribution is 5.25. The van der Waals surface area contributed by atoms with E-state index in [9.17, 15) is 5.11 Å². The fraction of sp³-hybridized carbons (Fsp3) is 0.800. The van der Waals surface area contributed by atoms with E-state index in [1.807, 2.05) is 6.08 Å². The van der Waals surface area contributed by atoms with Crippen LogP contribution < -0.4 is 0 Å². The molecule has 3 aliphatic carbocycles. The zero-order valence-corrected chi connectivity index (χ0v) is 14.1. The lowest BCUT2D eigenvalue weighted by atomic mass is 9.46. The minimum Gasteiger partial charge on any atom is -0.395 e. The van der Waals surface area contributed by atoms with Gasteiger partial charge in [-0.3, -0.25) is 0 Å². The molecular formula is C20H32O. The molecule has 0 amide bonds. The number of aliphatic hydroxyl groups is 1. The van der Waals surface area contributed by atoms with Crippen molar-refractivity contribution in [3.05, 3.63) is 24.3 Å². The van der Waals surface area contributed by atoms with E-state index in [0.717, 1.165) is 24.7 Å². The van der Waals surface area contributed by atoms with Crippen molar-refractivity contribution in [2.24, 2.45) is 28.1 Å². The minimum absolute atomic E-state index is 0.0459. The van der Waals surface area contributed by atoms with Crippen LogP contribution in [0.4, 0.5) is 0 Å². The van der Waals surface area contributed by atoms with Crippen LogP contribution in [0.1, 0.15) is 65.7 Å². The van der Waals surface area contributed by atoms with E-state index in [4.69, 9.17) is 0 Å². The number of hydrogen-bond acceptors (Lipinski definition) is 1. The number of fused-ring (bicyclic) bond motifs is 3. The first-order valence-corrected chi connectivity index (χ1v) is 8.80. The molecule has 0 bridgehead atoms. The Morgan fingerprint density at radius 3 is 2.71 bits per heavy atom. The number of allylic oxidation sites excluding steroid dienone is 2. The second-order valence-electron chi connectivity index (χ2n) is 8.91. The third-order valence-corrected chi connectivity index (χ3v) is 7.37. The summed E-state index contributed by atoms with van der Waals surface area (Å²) in [6.45, 7) is 11.8. The van der Waals surface area contributed by atoms with Crippen molar-refractivity contribution in [1.29, 1.82) is 0 Å². The van der Waals surface area contributed by atoms with Gasteiger partial charge in [-0.15, -0.1) is 6.58 Å². The molecule has 4 atom stereocenters. The fourth-order valence-corrected chi connectivity index (χ4v) is 6.02. The van der Waals surface area contributed by atoms with Gasteiger partial charge < -0.3 is 5.11 Å². The van der Waals surface area contributed by atoms with E-state index in [2.05, 4.69) is 33.4 Å². The highest BCUT2D eigenvalue weighted by atomic mass is 16.3. The summed E-state index contributed by atoms with van der Waals surface area (Å²) in [5.74, 6) is 1.58. The Morgan fingerprint density at radius 1 is 1.29 bits per heavy atom. The van der Waals surface area contributed by atoms with Crippen LogP contribution in [-0.2, 0) is 0 Å². The lowest BCUT2D eigenvalue weighted by Gasteiger charge is -2.59. The summed E-state index contributed by atoms with van der Waals surface area (Å²) in [7, 11) is 0. The monoisotopic (exact) mass is 288 g/mol. The number of hydrogen-bond donors (Lipinski definition) is 1. The molecule has 1 N–H and O–H groups in total. The van der Waals surface area contributed by atoms with Gasteiger partial charge in [0.25, 0.3) is 0 Å². The lowest BCUT2D eigenvalue weighted by Crippen LogP contribution is -2.50. The molecule has 0 aliphatic heterocycles. The first-order valence-electron chi connectivity index (χ1n) is 8.80. The van der Waals surface area contributed by atoms with Crippen LogP contribution in [-0.4, -0.2) is 11.7 Å². The normalized spacial score (nSPS) is 45.2. The maximum absolute atomic E-state index is 9.81. The third-order valence-electron chi connectivity index (χ3n) is 7.37. The Bertz CT molecular complexity index is 460. The van der Waals surface area contributed by atoms with Crippen LogP contribution in [0.25, 0.3) is 0 Å². The van der Waals surface area contributed by atoms with E-state index in [-0.39, 0.29) is 12.0 Å². The van der Waals surface area contributed by atoms with E-state index < -0.39 is 0 Å². The first-order chi connectivity index (χ1) is 9.87. The summed E-state index contributed by atoms with van der Waals surface area (Å²) < 4.78 is 0. The largest absolute Gasteiger partial charge is 0.395 e. The van der Waals surface area contributed by atoms with Crippen molar-refractivity contribution in [3.63, 3.8) is 0 Å². The van der Waals surface area contributed by atoms with Gasteiger partial charge in [0.15, 0.2) is 0 Å². The van der Waals surface area contributed by atoms with E-state index in [1.54, 1.807) is 5.57 Å². The Kier molecular flexibility index (Phi) is 3.64. The van der Waals surface area contributed by atoms with Crippen molar-refractivity contribution < 1.29 is 5.11 Å². The molecule has 2 saturated carbocycles. The van der Waals surface area contributed by atoms with Gasteiger partial charge in [-0.25, -0.2) is 0 Å². The van der Waals surface area contributed by atoms with E-state index in [0.29, 0.717) is 10.8 Å². The molecule has 0 saturated heterocycles. The summed E-state index contributed by atoms with van der Waals surface area (Å²) >= 11 is 0. The fourth-order valence-electron chi connectivity index (χ4n) is 6.02. The molecule has 3 rings (SSSR count). The molecule has 0 aromatic rings. The summed E-state index contributed by atoms with van der Waals surface area (Å²) in [6, 6.07) is 0. The summed E-state index contributed by atoms with van der Waals surface area (Å²) in [6.07, 6.45) is 13.4. The topological polar surface area (TPSA) is 20.2 Å². The van der Waals surface area contributed by atoms with Gasteiger partial charge >= 0.3 is 0 Å². The molecule has 0 aromatic heterocycles. The Morgan fingerprint density at radius 2 is 2.05 bits per heavy atom. The first kappa shape index (κ1) is 15.3. The van der Waals surface area contributed by atoms with Crippen LogP contribution in [0.3, 0.4) is 0 Å². The Balaban J connectivity index is 1.93. The maximum atomic E-state index is 9.81. The number of rotatable bonds is 2. The molecule has 118 valence electrons. The third kappa shape index (κ3) is 2.23. The second-order valence-corrected chi connectivity index (χ2v) is 8.91. The summed E-state index contributed by atoms with van der Waals surface area (Å²) in [5.41, 5.74) is 2.55. The Labute approximate surface area is 130 Å². The van der Waals surface area contributed by atoms with Crippen LogP contribution in [0.5, 0.6) is 0 Å². The van der Waals surface area contributed by atoms with E-state index in [1.165, 1.54) is 32.1 Å². The quantitative estimate of drug-likeness (QED) is 0.700. The molecule has 1 heteroatoms. The van der Waals surface area contributed by atoms with Gasteiger partial charge in [0.1, 0.15) is 0 Å². The second kappa shape index (κ2) is 4.98. The summed E-state index contributed by atoms with van der Waals surface area (Å²) in [4.78, 5) is 0. The van der Waals surface area contributed by atoms with Crippen LogP contribution in [0.2, 0.25) is 0 Å². The predicted molar refractivity (Wildman–Crippen MR) is 89.0 cm³/mol. The van der Waals surface area contributed by atoms with Crippen molar-refractivity contribution in [3.8, 4) is 0 Å². The molecule has 21 heavy (non-hydrogen) atoms. The zero-order chi connectivity index (χ0) is 15.3. The lowest BCUT2D eigenvalue weighted by molar-refractivity contribution is -0.0524. The molecule has 0 radical (unpaired) electrons. The molecule has 2 fully saturated rings. The smallest absolute Gasteiger partial charge is 0.0524 e. The highest BCUT2D eigenvalue weighted by Crippen LogP contribution is 2.63. The van der Waals surface area contributed by atoms with Gasteiger partial charge in [-0.2, -0.15) is 0 Å². The van der Waals surface area contributed by atoms with E-state index >= 15 is 0 Å². The number of aliphatic hydroxyl groups excluding tert-OH is 1. The molecule has 0 heterocycles. The predicted octanol–water partition coefficient (Wildman–Crippen LogP) is 5.11. The highest BCUT2D eigenvalue weighted by Gasteiger charge is 2.54. The van der Waals surface area contributed by atoms with Crippen LogP contribution >= 0.6 is 0 Å². The van der Waals surface area contributed by atoms with Crippen molar-refractivity contribution >= 4 is 0 Å². The van der Waals surface area contributed by atoms with Gasteiger partial charge in [0.2, 0.25) is 0 Å². The average molecular weight is 288 g/mol. The Hall–Kier alpha value is -0.560. The molecule has 1 nitrogen and oxygen atoms in total. The molecule has 0 aromatic carbocycles. The molecule has 0 unspecified atom stereocenters. The molecule has 3 aliphatic rings. The summed E-state index contributed by atoms with van der Waals surface area (Å²) in [5, 5.41) is 9.81. The zero-order valence-electron chi connectivity index (χ0n) is 14.1. The molecule has 0 spiro atoms. The van der Waals surface area contributed by atoms with Gasteiger partial charge in [-0.05, 0) is 61.2 Å². The maximum Gasteiger partial charge on any atom is 0.0524 e. The SMILES string of the molecule is C=C[C@]1(CO)CC[C@H]2C(=CC[C@@H]3C(C)(C)CCC[C@]32C)C1. The molecular weight excluding hydrogens is 256 g/mol. The standard InChI is InChI=1S/C20H32O/c1-5-20(14-21)12-9-16-15(13-20)7-8-17-18(2,3)10-6-11-19(16,17)4/h5,7,16-17,21H,1,6,8-14H2,2-4H3/t16-,17+,19-,20-/m0/s1. The van der Waals surface area contributed by atoms with Gasteiger partial charge in [-0.1, -0.05) is 44.9 Å².